The van der Waals surface area contributed by atoms with Crippen LogP contribution in [0.5, 0.6) is 5.75 Å². The first-order chi connectivity index (χ1) is 14.8. The molecule has 0 fully saturated rings. The second-order valence-electron chi connectivity index (χ2n) is 7.64. The lowest BCUT2D eigenvalue weighted by Crippen LogP contribution is -2.48. The maximum atomic E-state index is 13.0. The minimum absolute atomic E-state index is 0.0629. The van der Waals surface area contributed by atoms with Crippen LogP contribution in [0.15, 0.2) is 48.5 Å². The molecule has 1 atom stereocenters. The van der Waals surface area contributed by atoms with E-state index in [1.165, 1.54) is 4.90 Å². The Labute approximate surface area is 183 Å². The standard InChI is InChI=1S/C23H28N2O5S/c1-3-30-19-10-8-17(9-11-19)12-14-24-22(26)21(13-15-31(2,28)29)25-16-18-6-4-5-7-20(18)23(25)27/h4-11,21H,3,12-16H2,1-2H3,(H,24,26)/t21-/m0/s1. The van der Waals surface area contributed by atoms with Crippen molar-refractivity contribution in [1.29, 1.82) is 0 Å². The Bertz CT molecular complexity index is 1030. The van der Waals surface area contributed by atoms with Crippen molar-refractivity contribution in [1.82, 2.24) is 10.2 Å². The number of rotatable bonds is 10. The third kappa shape index (κ3) is 6.07. The van der Waals surface area contributed by atoms with Gasteiger partial charge in [-0.15, -0.1) is 0 Å². The minimum atomic E-state index is -3.27. The molecule has 3 rings (SSSR count). The quantitative estimate of drug-likeness (QED) is 0.607. The van der Waals surface area contributed by atoms with Crippen molar-refractivity contribution in [3.05, 3.63) is 65.2 Å². The number of carbonyl (C=O) groups excluding carboxylic acids is 2. The summed E-state index contributed by atoms with van der Waals surface area (Å²) >= 11 is 0. The second kappa shape index (κ2) is 9.96. The van der Waals surface area contributed by atoms with Crippen LogP contribution in [0.4, 0.5) is 0 Å². The number of hydrogen-bond acceptors (Lipinski definition) is 5. The number of ether oxygens (including phenoxy) is 1. The van der Waals surface area contributed by atoms with Crippen LogP contribution in [-0.4, -0.2) is 56.3 Å². The van der Waals surface area contributed by atoms with Crippen LogP contribution in [0.2, 0.25) is 0 Å². The van der Waals surface area contributed by atoms with Gasteiger partial charge in [0, 0.05) is 24.9 Å². The maximum Gasteiger partial charge on any atom is 0.255 e. The summed E-state index contributed by atoms with van der Waals surface area (Å²) in [5.74, 6) is 0.0548. The van der Waals surface area contributed by atoms with Gasteiger partial charge in [-0.1, -0.05) is 30.3 Å². The molecule has 0 spiro atoms. The zero-order valence-electron chi connectivity index (χ0n) is 17.8. The van der Waals surface area contributed by atoms with Crippen LogP contribution in [0.3, 0.4) is 0 Å². The number of hydrogen-bond donors (Lipinski definition) is 1. The molecule has 0 saturated heterocycles. The largest absolute Gasteiger partial charge is 0.494 e. The van der Waals surface area contributed by atoms with Gasteiger partial charge in [0.15, 0.2) is 0 Å². The van der Waals surface area contributed by atoms with Crippen LogP contribution >= 0.6 is 0 Å². The Morgan fingerprint density at radius 3 is 2.52 bits per heavy atom. The smallest absolute Gasteiger partial charge is 0.255 e. The normalized spacial score (nSPS) is 14.3. The van der Waals surface area contributed by atoms with E-state index in [0.29, 0.717) is 31.7 Å². The van der Waals surface area contributed by atoms with Crippen LogP contribution < -0.4 is 10.1 Å². The van der Waals surface area contributed by atoms with Gasteiger partial charge in [-0.05, 0) is 49.1 Å². The number of carbonyl (C=O) groups is 2. The Kier molecular flexibility index (Phi) is 7.33. The van der Waals surface area contributed by atoms with Crippen LogP contribution in [0.25, 0.3) is 0 Å². The fraction of sp³-hybridized carbons (Fsp3) is 0.391. The van der Waals surface area contributed by atoms with E-state index in [0.717, 1.165) is 23.1 Å². The van der Waals surface area contributed by atoms with E-state index >= 15 is 0 Å². The fourth-order valence-corrected chi connectivity index (χ4v) is 4.30. The fourth-order valence-electron chi connectivity index (χ4n) is 3.65. The van der Waals surface area contributed by atoms with E-state index in [4.69, 9.17) is 4.74 Å². The average Bonchev–Trinajstić information content (AvgIpc) is 3.05. The number of sulfone groups is 1. The zero-order valence-corrected chi connectivity index (χ0v) is 18.7. The first kappa shape index (κ1) is 22.8. The predicted molar refractivity (Wildman–Crippen MR) is 119 cm³/mol. The highest BCUT2D eigenvalue weighted by molar-refractivity contribution is 7.90. The van der Waals surface area contributed by atoms with Crippen LogP contribution in [0.1, 0.15) is 34.8 Å². The maximum absolute atomic E-state index is 13.0. The third-order valence-electron chi connectivity index (χ3n) is 5.24. The van der Waals surface area contributed by atoms with Crippen molar-refractivity contribution in [2.24, 2.45) is 0 Å². The highest BCUT2D eigenvalue weighted by atomic mass is 32.2. The molecule has 0 radical (unpaired) electrons. The number of nitrogens with zero attached hydrogens (tertiary/aromatic N) is 1. The van der Waals surface area contributed by atoms with Gasteiger partial charge >= 0.3 is 0 Å². The third-order valence-corrected chi connectivity index (χ3v) is 6.21. The molecule has 166 valence electrons. The van der Waals surface area contributed by atoms with Crippen molar-refractivity contribution >= 4 is 21.7 Å². The second-order valence-corrected chi connectivity index (χ2v) is 9.90. The van der Waals surface area contributed by atoms with Crippen molar-refractivity contribution in [2.45, 2.75) is 32.4 Å². The van der Waals surface area contributed by atoms with Gasteiger partial charge in [-0.25, -0.2) is 8.42 Å². The van der Waals surface area contributed by atoms with E-state index in [-0.39, 0.29) is 24.0 Å². The highest BCUT2D eigenvalue weighted by Gasteiger charge is 2.36. The van der Waals surface area contributed by atoms with E-state index in [1.807, 2.05) is 43.3 Å². The summed E-state index contributed by atoms with van der Waals surface area (Å²) in [6.07, 6.45) is 1.81. The van der Waals surface area contributed by atoms with Gasteiger partial charge in [0.25, 0.3) is 5.91 Å². The molecule has 2 aromatic carbocycles. The lowest BCUT2D eigenvalue weighted by molar-refractivity contribution is -0.125. The van der Waals surface area contributed by atoms with Crippen LogP contribution in [0, 0.1) is 0 Å². The highest BCUT2D eigenvalue weighted by Crippen LogP contribution is 2.25. The molecule has 0 unspecified atom stereocenters. The Morgan fingerprint density at radius 1 is 1.16 bits per heavy atom. The monoisotopic (exact) mass is 444 g/mol. The van der Waals surface area contributed by atoms with E-state index in [2.05, 4.69) is 5.32 Å². The molecule has 1 N–H and O–H groups in total. The number of nitrogens with one attached hydrogen (secondary N) is 1. The van der Waals surface area contributed by atoms with Gasteiger partial charge in [0.1, 0.15) is 21.6 Å². The van der Waals surface area contributed by atoms with Gasteiger partial charge in [-0.2, -0.15) is 0 Å². The van der Waals surface area contributed by atoms with E-state index in [1.54, 1.807) is 12.1 Å². The molecule has 31 heavy (non-hydrogen) atoms. The summed E-state index contributed by atoms with van der Waals surface area (Å²) in [5.41, 5.74) is 2.45. The van der Waals surface area contributed by atoms with Gasteiger partial charge in [-0.3, -0.25) is 9.59 Å². The summed E-state index contributed by atoms with van der Waals surface area (Å²) in [7, 11) is -3.27. The van der Waals surface area contributed by atoms with Gasteiger partial charge in [0.2, 0.25) is 5.91 Å². The molecule has 2 aromatic rings. The summed E-state index contributed by atoms with van der Waals surface area (Å²) in [5, 5.41) is 2.87. The Hall–Kier alpha value is -2.87. The molecular weight excluding hydrogens is 416 g/mol. The number of amides is 2. The molecular formula is C23H28N2O5S. The molecule has 2 amide bonds. The molecule has 1 heterocycles. The Balaban J connectivity index is 1.65. The summed E-state index contributed by atoms with van der Waals surface area (Å²) < 4.78 is 28.8. The molecule has 8 heteroatoms. The van der Waals surface area contributed by atoms with E-state index < -0.39 is 15.9 Å². The topological polar surface area (TPSA) is 92.8 Å². The molecule has 1 aliphatic heterocycles. The van der Waals surface area contributed by atoms with Gasteiger partial charge in [0.05, 0.1) is 12.4 Å². The molecule has 1 aliphatic rings. The van der Waals surface area contributed by atoms with Crippen LogP contribution in [-0.2, 0) is 27.6 Å². The first-order valence-corrected chi connectivity index (χ1v) is 12.4. The number of benzene rings is 2. The lowest BCUT2D eigenvalue weighted by Gasteiger charge is -2.26. The predicted octanol–water partition coefficient (Wildman–Crippen LogP) is 2.20. The van der Waals surface area contributed by atoms with Crippen molar-refractivity contribution in [3.63, 3.8) is 0 Å². The average molecular weight is 445 g/mol. The zero-order chi connectivity index (χ0) is 22.4. The molecule has 0 bridgehead atoms. The van der Waals surface area contributed by atoms with E-state index in [9.17, 15) is 18.0 Å². The summed E-state index contributed by atoms with van der Waals surface area (Å²) in [4.78, 5) is 27.3. The number of fused-ring (bicyclic) bond motifs is 1. The summed E-state index contributed by atoms with van der Waals surface area (Å²) in [6, 6.07) is 14.0. The lowest BCUT2D eigenvalue weighted by atomic mass is 10.1. The van der Waals surface area contributed by atoms with Crippen molar-refractivity contribution < 1.29 is 22.7 Å². The minimum Gasteiger partial charge on any atom is -0.494 e. The van der Waals surface area contributed by atoms with Gasteiger partial charge < -0.3 is 15.0 Å². The SMILES string of the molecule is CCOc1ccc(CCNC(=O)[C@H](CCS(C)(=O)=O)N2Cc3ccccc3C2=O)cc1. The summed E-state index contributed by atoms with van der Waals surface area (Å²) in [6.45, 7) is 3.21. The molecule has 0 aliphatic carbocycles. The molecule has 0 saturated carbocycles. The Morgan fingerprint density at radius 2 is 1.87 bits per heavy atom. The molecule has 0 aromatic heterocycles. The van der Waals surface area contributed by atoms with Crippen molar-refractivity contribution in [3.8, 4) is 5.75 Å². The van der Waals surface area contributed by atoms with Crippen molar-refractivity contribution in [2.75, 3.05) is 25.2 Å². The first-order valence-electron chi connectivity index (χ1n) is 10.3. The molecule has 7 nitrogen and oxygen atoms in total.